The lowest BCUT2D eigenvalue weighted by atomic mass is 9.93. The van der Waals surface area contributed by atoms with Crippen LogP contribution < -0.4 is 10.5 Å². The smallest absolute Gasteiger partial charge is 0.295 e. The maximum absolute atomic E-state index is 13.4. The number of carbonyl (C=O) groups excluding carboxylic acids is 3. The minimum absolute atomic E-state index is 0. The molecule has 1 saturated heterocycles. The monoisotopic (exact) mass is 544 g/mol. The van der Waals surface area contributed by atoms with Gasteiger partial charge in [-0.3, -0.25) is 14.4 Å². The highest BCUT2D eigenvalue weighted by atomic mass is 16.5. The van der Waals surface area contributed by atoms with Crippen molar-refractivity contribution in [1.82, 2.24) is 29.6 Å². The highest BCUT2D eigenvalue weighted by molar-refractivity contribution is 6.45. The van der Waals surface area contributed by atoms with Gasteiger partial charge in [0.05, 0.1) is 41.4 Å². The van der Waals surface area contributed by atoms with Crippen molar-refractivity contribution >= 4 is 34.1 Å². The van der Waals surface area contributed by atoms with Gasteiger partial charge in [-0.15, -0.1) is 5.10 Å². The van der Waals surface area contributed by atoms with Gasteiger partial charge in [-0.05, 0) is 24.0 Å². The van der Waals surface area contributed by atoms with Crippen LogP contribution in [0.5, 0.6) is 5.75 Å². The fourth-order valence-electron chi connectivity index (χ4n) is 4.53. The van der Waals surface area contributed by atoms with Gasteiger partial charge in [0.25, 0.3) is 17.6 Å². The van der Waals surface area contributed by atoms with Gasteiger partial charge in [0.2, 0.25) is 5.82 Å². The zero-order valence-electron chi connectivity index (χ0n) is 22.3. The molecule has 2 amide bonds. The number of likely N-dealkylation sites (tertiary alicyclic amines) is 1. The molecule has 12 nitrogen and oxygen atoms in total. The summed E-state index contributed by atoms with van der Waals surface area (Å²) in [5.74, 6) is -1.84. The molecule has 12 heteroatoms. The number of nitrogens with two attached hydrogens (primary N) is 1. The third-order valence-electron chi connectivity index (χ3n) is 6.42. The average molecular weight is 545 g/mol. The predicted molar refractivity (Wildman–Crippen MR) is 151 cm³/mol. The summed E-state index contributed by atoms with van der Waals surface area (Å²) >= 11 is 0. The van der Waals surface area contributed by atoms with Gasteiger partial charge in [-0.1, -0.05) is 44.2 Å². The van der Waals surface area contributed by atoms with Crippen LogP contribution in [-0.2, 0) is 4.79 Å². The number of amides is 2. The van der Waals surface area contributed by atoms with Crippen molar-refractivity contribution in [3.8, 4) is 17.6 Å². The number of primary amides is 1. The predicted octanol–water partition coefficient (Wildman–Crippen LogP) is 3.55. The summed E-state index contributed by atoms with van der Waals surface area (Å²) in [4.78, 5) is 50.6. The molecular weight excluding hydrogens is 512 g/mol. The minimum atomic E-state index is -0.799. The standard InChI is InChI=1S/C26H22N8O4.C2H6.2H2/c1-38-19-13-30-25(34-14-31-24(32-34)23(28)36)21-20(19)18(12-29-21)22(35)26(37)33-9-7-16(8-10-33)17(11-27)15-5-3-2-4-6-15;1-2;;/h2-6,12-14,29H,7-10H2,1H3,(H2,28,36);1-2H3;2*1H. The molecule has 5 rings (SSSR count). The number of nitrogens with one attached hydrogen (secondary N) is 1. The third-order valence-corrected chi connectivity index (χ3v) is 6.42. The number of piperidine rings is 1. The molecule has 1 fully saturated rings. The number of nitriles is 1. The molecule has 3 aromatic heterocycles. The van der Waals surface area contributed by atoms with Gasteiger partial charge in [0.1, 0.15) is 12.1 Å². The first kappa shape index (κ1) is 27.7. The lowest BCUT2D eigenvalue weighted by Gasteiger charge is -2.28. The van der Waals surface area contributed by atoms with Crippen LogP contribution in [0.3, 0.4) is 0 Å². The highest BCUT2D eigenvalue weighted by Gasteiger charge is 2.30. The molecule has 208 valence electrons. The van der Waals surface area contributed by atoms with E-state index in [1.54, 1.807) is 0 Å². The second kappa shape index (κ2) is 12.0. The van der Waals surface area contributed by atoms with Crippen LogP contribution in [0, 0.1) is 11.3 Å². The molecule has 0 bridgehead atoms. The molecular formula is C28H32N8O4. The maximum Gasteiger partial charge on any atom is 0.295 e. The Bertz CT molecular complexity index is 1650. The fourth-order valence-corrected chi connectivity index (χ4v) is 4.53. The van der Waals surface area contributed by atoms with E-state index in [0.29, 0.717) is 42.4 Å². The van der Waals surface area contributed by atoms with Crippen molar-refractivity contribution in [2.45, 2.75) is 26.7 Å². The second-order valence-corrected chi connectivity index (χ2v) is 8.56. The van der Waals surface area contributed by atoms with E-state index in [4.69, 9.17) is 10.5 Å². The van der Waals surface area contributed by atoms with E-state index in [1.165, 1.54) is 35.4 Å². The number of ether oxygens (including phenoxy) is 1. The zero-order valence-corrected chi connectivity index (χ0v) is 22.3. The Kier molecular flexibility index (Phi) is 8.34. The molecule has 0 atom stereocenters. The Morgan fingerprint density at radius 2 is 1.82 bits per heavy atom. The number of aromatic nitrogens is 5. The quantitative estimate of drug-likeness (QED) is 0.211. The number of nitrogens with zero attached hydrogens (tertiary/aromatic N) is 6. The summed E-state index contributed by atoms with van der Waals surface area (Å²) in [6.07, 6.45) is 5.07. The molecule has 3 N–H and O–H groups in total. The number of hydrogen-bond donors (Lipinski definition) is 2. The maximum atomic E-state index is 13.4. The Labute approximate surface area is 233 Å². The molecule has 0 saturated carbocycles. The lowest BCUT2D eigenvalue weighted by Crippen LogP contribution is -2.40. The Morgan fingerprint density at radius 1 is 1.12 bits per heavy atom. The number of hydrogen-bond acceptors (Lipinski definition) is 8. The molecule has 1 aromatic carbocycles. The van der Waals surface area contributed by atoms with Crippen molar-refractivity contribution < 1.29 is 22.0 Å². The number of H-pyrrole nitrogens is 1. The van der Waals surface area contributed by atoms with Crippen LogP contribution in [0.4, 0.5) is 0 Å². The number of allylic oxidation sites excluding steroid dienone is 1. The first-order chi connectivity index (χ1) is 19.4. The number of aromatic amines is 1. The fraction of sp³-hybridized carbons (Fsp3) is 0.250. The van der Waals surface area contributed by atoms with E-state index >= 15 is 0 Å². The molecule has 40 heavy (non-hydrogen) atoms. The van der Waals surface area contributed by atoms with Crippen molar-refractivity contribution in [2.75, 3.05) is 20.2 Å². The van der Waals surface area contributed by atoms with E-state index in [9.17, 15) is 19.6 Å². The van der Waals surface area contributed by atoms with Crippen molar-refractivity contribution in [2.24, 2.45) is 5.73 Å². The van der Waals surface area contributed by atoms with Crippen molar-refractivity contribution in [1.29, 1.82) is 5.26 Å². The molecule has 1 aliphatic heterocycles. The van der Waals surface area contributed by atoms with Crippen LogP contribution in [0.2, 0.25) is 0 Å². The summed E-state index contributed by atoms with van der Waals surface area (Å²) < 4.78 is 6.66. The molecule has 4 heterocycles. The summed E-state index contributed by atoms with van der Waals surface area (Å²) in [6.45, 7) is 4.64. The minimum Gasteiger partial charge on any atom is -0.494 e. The normalized spacial score (nSPS) is 12.8. The second-order valence-electron chi connectivity index (χ2n) is 8.56. The zero-order chi connectivity index (χ0) is 28.8. The van der Waals surface area contributed by atoms with Crippen LogP contribution in [0.1, 0.15) is 56.1 Å². The number of rotatable bonds is 6. The largest absolute Gasteiger partial charge is 0.494 e. The number of methoxy groups -OCH3 is 1. The third kappa shape index (κ3) is 5.17. The Balaban J connectivity index is 0.00000151. The van der Waals surface area contributed by atoms with Gasteiger partial charge in [-0.25, -0.2) is 9.97 Å². The van der Waals surface area contributed by atoms with E-state index in [0.717, 1.165) is 11.1 Å². The SMILES string of the molecule is CC.COc1cnc(-n2cnc(C(N)=O)n2)c2[nH]cc(C(=O)C(=O)N3CCC(=C(C#N)c4ccccc4)CC3)c12.[HH].[HH]. The summed E-state index contributed by atoms with van der Waals surface area (Å²) in [6, 6.07) is 11.7. The van der Waals surface area contributed by atoms with Crippen molar-refractivity contribution in [3.05, 3.63) is 71.6 Å². The summed E-state index contributed by atoms with van der Waals surface area (Å²) in [5, 5.41) is 14.1. The number of ketones is 1. The number of carbonyl (C=O) groups is 3. The first-order valence-electron chi connectivity index (χ1n) is 12.7. The Hall–Kier alpha value is -5.31. The van der Waals surface area contributed by atoms with E-state index in [1.807, 2.05) is 44.2 Å². The molecule has 4 aromatic rings. The lowest BCUT2D eigenvalue weighted by molar-refractivity contribution is -0.126. The van der Waals surface area contributed by atoms with Crippen LogP contribution in [0.25, 0.3) is 22.3 Å². The highest BCUT2D eigenvalue weighted by Crippen LogP contribution is 2.32. The first-order valence-corrected chi connectivity index (χ1v) is 12.7. The van der Waals surface area contributed by atoms with Crippen LogP contribution in [-0.4, -0.2) is 67.4 Å². The molecule has 0 unspecified atom stereocenters. The van der Waals surface area contributed by atoms with E-state index in [2.05, 4.69) is 26.1 Å². The average Bonchev–Trinajstić information content (AvgIpc) is 3.67. The van der Waals surface area contributed by atoms with E-state index < -0.39 is 17.6 Å². The van der Waals surface area contributed by atoms with Gasteiger partial charge in [-0.2, -0.15) is 9.94 Å². The van der Waals surface area contributed by atoms with Gasteiger partial charge < -0.3 is 20.4 Å². The number of fused-ring (bicyclic) bond motifs is 1. The summed E-state index contributed by atoms with van der Waals surface area (Å²) in [7, 11) is 1.43. The van der Waals surface area contributed by atoms with Crippen LogP contribution in [0.15, 0.2) is 54.6 Å². The van der Waals surface area contributed by atoms with Gasteiger partial charge in [0, 0.05) is 22.1 Å². The summed E-state index contributed by atoms with van der Waals surface area (Å²) in [5.41, 5.74) is 8.13. The Morgan fingerprint density at radius 3 is 2.42 bits per heavy atom. The number of pyridine rings is 1. The van der Waals surface area contributed by atoms with Gasteiger partial charge in [0.15, 0.2) is 5.82 Å². The van der Waals surface area contributed by atoms with E-state index in [-0.39, 0.29) is 25.8 Å². The molecule has 0 aliphatic carbocycles. The number of Topliss-reactive ketones (excluding diaryl/α,β-unsaturated/α-hetero) is 1. The van der Waals surface area contributed by atoms with Gasteiger partial charge >= 0.3 is 0 Å². The molecule has 1 aliphatic rings. The number of benzene rings is 1. The van der Waals surface area contributed by atoms with Crippen molar-refractivity contribution in [3.63, 3.8) is 0 Å². The topological polar surface area (TPSA) is 173 Å². The molecule has 0 radical (unpaired) electrons. The molecule has 0 spiro atoms. The van der Waals surface area contributed by atoms with Crippen LogP contribution >= 0.6 is 0 Å².